The fraction of sp³-hybridized carbons (Fsp3) is 0.520. The van der Waals surface area contributed by atoms with Crippen LogP contribution in [0.5, 0.6) is 5.75 Å². The summed E-state index contributed by atoms with van der Waals surface area (Å²) in [6.45, 7) is 8.39. The summed E-state index contributed by atoms with van der Waals surface area (Å²) in [5.74, 6) is 1.04. The quantitative estimate of drug-likeness (QED) is 0.619. The maximum atomic E-state index is 12.9. The van der Waals surface area contributed by atoms with E-state index in [4.69, 9.17) is 9.47 Å². The highest BCUT2D eigenvalue weighted by atomic mass is 32.1. The standard InChI is InChI=1S/C25H33N3O4S/c1-4-32-20-8-6-5-7-19(20)28-13-11-27(12-14-28)16-22(29)26-24-23(25(30)31-3)18-10-9-17(2)15-21(18)33-24/h5-8,17H,4,9-16H2,1-3H3,(H,26,29). The summed E-state index contributed by atoms with van der Waals surface area (Å²) in [6.07, 6.45) is 2.86. The molecule has 33 heavy (non-hydrogen) atoms. The summed E-state index contributed by atoms with van der Waals surface area (Å²) in [5, 5.41) is 3.65. The summed E-state index contributed by atoms with van der Waals surface area (Å²) in [4.78, 5) is 31.0. The van der Waals surface area contributed by atoms with Gasteiger partial charge in [-0.3, -0.25) is 9.69 Å². The van der Waals surface area contributed by atoms with Crippen LogP contribution in [0.1, 0.15) is 41.1 Å². The SMILES string of the molecule is CCOc1ccccc1N1CCN(CC(=O)Nc2sc3c(c2C(=O)OC)CCC(C)C3)CC1. The fourth-order valence-electron chi connectivity index (χ4n) is 4.67. The lowest BCUT2D eigenvalue weighted by Crippen LogP contribution is -2.48. The number of methoxy groups -OCH3 is 1. The first-order valence-electron chi connectivity index (χ1n) is 11.7. The molecule has 0 bridgehead atoms. The summed E-state index contributed by atoms with van der Waals surface area (Å²) in [6, 6.07) is 8.10. The minimum atomic E-state index is -0.362. The van der Waals surface area contributed by atoms with Crippen molar-refractivity contribution in [2.45, 2.75) is 33.1 Å². The molecule has 0 radical (unpaired) electrons. The van der Waals surface area contributed by atoms with Crippen LogP contribution in [-0.2, 0) is 22.4 Å². The highest BCUT2D eigenvalue weighted by molar-refractivity contribution is 7.17. The number of benzene rings is 1. The third-order valence-corrected chi connectivity index (χ3v) is 7.57. The molecule has 1 fully saturated rings. The largest absolute Gasteiger partial charge is 0.492 e. The second-order valence-corrected chi connectivity index (χ2v) is 9.86. The molecule has 4 rings (SSSR count). The van der Waals surface area contributed by atoms with Crippen molar-refractivity contribution in [3.8, 4) is 5.75 Å². The zero-order valence-electron chi connectivity index (χ0n) is 19.7. The van der Waals surface area contributed by atoms with Crippen LogP contribution in [0.15, 0.2) is 24.3 Å². The molecule has 2 aromatic rings. The lowest BCUT2D eigenvalue weighted by molar-refractivity contribution is -0.117. The number of para-hydroxylation sites is 2. The monoisotopic (exact) mass is 471 g/mol. The van der Waals surface area contributed by atoms with Gasteiger partial charge in [0.05, 0.1) is 31.5 Å². The molecule has 1 atom stereocenters. The van der Waals surface area contributed by atoms with Crippen molar-refractivity contribution in [2.24, 2.45) is 5.92 Å². The third kappa shape index (κ3) is 5.33. The lowest BCUT2D eigenvalue weighted by atomic mass is 9.88. The summed E-state index contributed by atoms with van der Waals surface area (Å²) in [5.41, 5.74) is 2.71. The van der Waals surface area contributed by atoms with Gasteiger partial charge in [-0.1, -0.05) is 19.1 Å². The number of fused-ring (bicyclic) bond motifs is 1. The minimum Gasteiger partial charge on any atom is -0.492 e. The Labute approximate surface area is 199 Å². The van der Waals surface area contributed by atoms with Crippen LogP contribution in [0.2, 0.25) is 0 Å². The number of hydrogen-bond acceptors (Lipinski definition) is 7. The number of esters is 1. The van der Waals surface area contributed by atoms with Gasteiger partial charge in [0, 0.05) is 31.1 Å². The van der Waals surface area contributed by atoms with E-state index in [2.05, 4.69) is 28.1 Å². The number of nitrogens with one attached hydrogen (secondary N) is 1. The lowest BCUT2D eigenvalue weighted by Gasteiger charge is -2.36. The van der Waals surface area contributed by atoms with Crippen molar-refractivity contribution in [1.82, 2.24) is 4.90 Å². The zero-order valence-corrected chi connectivity index (χ0v) is 20.5. The molecule has 0 saturated carbocycles. The van der Waals surface area contributed by atoms with Crippen molar-refractivity contribution >= 4 is 33.9 Å². The van der Waals surface area contributed by atoms with Crippen molar-refractivity contribution in [3.05, 3.63) is 40.3 Å². The molecule has 2 heterocycles. The van der Waals surface area contributed by atoms with Gasteiger partial charge in [-0.2, -0.15) is 0 Å². The molecule has 1 amide bonds. The van der Waals surface area contributed by atoms with E-state index in [1.165, 1.54) is 23.3 Å². The normalized spacial score (nSPS) is 18.5. The molecule has 2 aliphatic rings. The van der Waals surface area contributed by atoms with E-state index in [1.54, 1.807) is 0 Å². The van der Waals surface area contributed by atoms with Gasteiger partial charge in [-0.05, 0) is 49.8 Å². The van der Waals surface area contributed by atoms with E-state index in [0.29, 0.717) is 29.6 Å². The summed E-state index contributed by atoms with van der Waals surface area (Å²) < 4.78 is 10.8. The number of carbonyl (C=O) groups is 2. The highest BCUT2D eigenvalue weighted by Gasteiger charge is 2.29. The van der Waals surface area contributed by atoms with Crippen molar-refractivity contribution < 1.29 is 19.1 Å². The number of thiophene rings is 1. The molecule has 1 N–H and O–H groups in total. The average Bonchev–Trinajstić information content (AvgIpc) is 3.16. The Morgan fingerprint density at radius 1 is 1.18 bits per heavy atom. The zero-order chi connectivity index (χ0) is 23.4. The molecule has 1 unspecified atom stereocenters. The predicted octanol–water partition coefficient (Wildman–Crippen LogP) is 3.82. The van der Waals surface area contributed by atoms with E-state index in [1.807, 2.05) is 25.1 Å². The molecule has 1 saturated heterocycles. The number of carbonyl (C=O) groups excluding carboxylic acids is 2. The Kier molecular flexibility index (Phi) is 7.55. The number of anilines is 2. The van der Waals surface area contributed by atoms with E-state index in [-0.39, 0.29) is 11.9 Å². The Hall–Kier alpha value is -2.58. The smallest absolute Gasteiger partial charge is 0.341 e. The topological polar surface area (TPSA) is 71.1 Å². The predicted molar refractivity (Wildman–Crippen MR) is 132 cm³/mol. The van der Waals surface area contributed by atoms with Crippen LogP contribution in [0, 0.1) is 5.92 Å². The third-order valence-electron chi connectivity index (χ3n) is 6.40. The first-order chi connectivity index (χ1) is 16.0. The van der Waals surface area contributed by atoms with Crippen molar-refractivity contribution in [2.75, 3.05) is 56.7 Å². The van der Waals surface area contributed by atoms with Gasteiger partial charge in [0.2, 0.25) is 5.91 Å². The molecular formula is C25H33N3O4S. The maximum Gasteiger partial charge on any atom is 0.341 e. The number of ether oxygens (including phenoxy) is 2. The first kappa shape index (κ1) is 23.6. The van der Waals surface area contributed by atoms with Gasteiger partial charge < -0.3 is 19.7 Å². The van der Waals surface area contributed by atoms with E-state index >= 15 is 0 Å². The van der Waals surface area contributed by atoms with Gasteiger partial charge in [0.1, 0.15) is 10.8 Å². The van der Waals surface area contributed by atoms with Crippen LogP contribution in [0.4, 0.5) is 10.7 Å². The van der Waals surface area contributed by atoms with Crippen LogP contribution < -0.4 is 15.0 Å². The van der Waals surface area contributed by atoms with Crippen LogP contribution in [0.3, 0.4) is 0 Å². The van der Waals surface area contributed by atoms with Crippen LogP contribution >= 0.6 is 11.3 Å². The second-order valence-electron chi connectivity index (χ2n) is 8.76. The van der Waals surface area contributed by atoms with Crippen molar-refractivity contribution in [1.29, 1.82) is 0 Å². The molecule has 1 aromatic heterocycles. The average molecular weight is 472 g/mol. The number of amides is 1. The van der Waals surface area contributed by atoms with Gasteiger partial charge >= 0.3 is 5.97 Å². The Morgan fingerprint density at radius 2 is 1.94 bits per heavy atom. The number of piperazine rings is 1. The molecule has 1 aliphatic heterocycles. The number of nitrogens with zero attached hydrogens (tertiary/aromatic N) is 2. The Morgan fingerprint density at radius 3 is 2.67 bits per heavy atom. The van der Waals surface area contributed by atoms with Gasteiger partial charge in [0.15, 0.2) is 0 Å². The van der Waals surface area contributed by atoms with Gasteiger partial charge in [-0.15, -0.1) is 11.3 Å². The van der Waals surface area contributed by atoms with E-state index in [0.717, 1.165) is 62.4 Å². The van der Waals surface area contributed by atoms with Gasteiger partial charge in [-0.25, -0.2) is 4.79 Å². The Balaban J connectivity index is 1.37. The number of rotatable bonds is 7. The first-order valence-corrected chi connectivity index (χ1v) is 12.5. The van der Waals surface area contributed by atoms with Crippen LogP contribution in [-0.4, -0.2) is 63.2 Å². The highest BCUT2D eigenvalue weighted by Crippen LogP contribution is 2.40. The molecule has 1 aliphatic carbocycles. The van der Waals surface area contributed by atoms with E-state index in [9.17, 15) is 9.59 Å². The molecule has 7 nitrogen and oxygen atoms in total. The van der Waals surface area contributed by atoms with Gasteiger partial charge in [0.25, 0.3) is 0 Å². The molecular weight excluding hydrogens is 438 g/mol. The number of hydrogen-bond donors (Lipinski definition) is 1. The minimum absolute atomic E-state index is 0.0880. The van der Waals surface area contributed by atoms with E-state index < -0.39 is 0 Å². The molecule has 8 heteroatoms. The fourth-order valence-corrected chi connectivity index (χ4v) is 6.08. The summed E-state index contributed by atoms with van der Waals surface area (Å²) in [7, 11) is 1.40. The molecule has 178 valence electrons. The van der Waals surface area contributed by atoms with Crippen molar-refractivity contribution in [3.63, 3.8) is 0 Å². The molecule has 0 spiro atoms. The second kappa shape index (κ2) is 10.6. The Bertz CT molecular complexity index is 998. The van der Waals surface area contributed by atoms with Crippen LogP contribution in [0.25, 0.3) is 0 Å². The summed E-state index contributed by atoms with van der Waals surface area (Å²) >= 11 is 1.53. The molecule has 1 aromatic carbocycles. The maximum absolute atomic E-state index is 12.9.